The van der Waals surface area contributed by atoms with Crippen molar-refractivity contribution in [3.63, 3.8) is 0 Å². The Balaban J connectivity index is -0.000000107. The molecule has 0 heterocycles. The second-order valence-corrected chi connectivity index (χ2v) is 0.893. The molecule has 0 aliphatic rings. The maximum atomic E-state index is 9.00. The first-order valence-electron chi connectivity index (χ1n) is 1.88. The minimum atomic E-state index is -1.68. The fourth-order valence-electron chi connectivity index (χ4n) is 0. The van der Waals surface area contributed by atoms with Gasteiger partial charge >= 0.3 is 35.5 Å². The summed E-state index contributed by atoms with van der Waals surface area (Å²) in [6.07, 6.45) is -0.444. The molecule has 0 aromatic rings. The van der Waals surface area contributed by atoms with E-state index in [1.165, 1.54) is 0 Å². The molecule has 0 aliphatic carbocycles. The van der Waals surface area contributed by atoms with Crippen LogP contribution < -0.4 is 34.7 Å². The quantitative estimate of drug-likeness (QED) is 0.251. The molecule has 0 radical (unpaired) electrons. The molecule has 6 nitrogen and oxygen atoms in total. The van der Waals surface area contributed by atoms with Gasteiger partial charge in [0.2, 0.25) is 6.29 Å². The Labute approximate surface area is 83.5 Å². The van der Waals surface area contributed by atoms with E-state index in [4.69, 9.17) is 29.4 Å². The normalized spacial score (nSPS) is 5.82. The monoisotopic (exact) mass is 170 g/mol. The summed E-state index contributed by atoms with van der Waals surface area (Å²) >= 11 is 0. The van der Waals surface area contributed by atoms with Crippen LogP contribution in [0.1, 0.15) is 0 Å². The third-order valence-electron chi connectivity index (χ3n) is 0.197. The molecule has 11 heavy (non-hydrogen) atoms. The molecule has 0 spiro atoms. The van der Waals surface area contributed by atoms with Crippen LogP contribution in [0.25, 0.3) is 0 Å². The number of carboxylic acid groups (broad SMARTS) is 2. The van der Waals surface area contributed by atoms with Gasteiger partial charge in [-0.15, -0.1) is 0 Å². The summed E-state index contributed by atoms with van der Waals surface area (Å²) in [4.78, 5) is 35.6. The van der Waals surface area contributed by atoms with Gasteiger partial charge in [-0.3, -0.25) is 9.59 Å². The van der Waals surface area contributed by atoms with Gasteiger partial charge in [-0.25, -0.2) is 4.79 Å². The van der Waals surface area contributed by atoms with E-state index in [2.05, 4.69) is 0 Å². The van der Waals surface area contributed by atoms with Crippen molar-refractivity contribution in [1.82, 2.24) is 0 Å². The molecule has 0 amide bonds. The number of hydrogen-bond donors (Lipinski definition) is 1. The van der Waals surface area contributed by atoms with Gasteiger partial charge in [0.05, 0.1) is 0 Å². The van der Waals surface area contributed by atoms with Crippen LogP contribution in [0.5, 0.6) is 0 Å². The number of hydrogen-bond acceptors (Lipinski definition) is 5. The van der Waals surface area contributed by atoms with Crippen LogP contribution in [0.2, 0.25) is 0 Å². The molecule has 0 atom stereocenters. The van der Waals surface area contributed by atoms with E-state index in [-0.39, 0.29) is 42.1 Å². The van der Waals surface area contributed by atoms with E-state index in [0.29, 0.717) is 0 Å². The van der Waals surface area contributed by atoms with Crippen LogP contribution in [0.4, 0.5) is 0 Å². The van der Waals surface area contributed by atoms with Crippen molar-refractivity contribution in [3.05, 3.63) is 0 Å². The Morgan fingerprint density at radius 1 is 1.18 bits per heavy atom. The zero-order valence-corrected chi connectivity index (χ0v) is 7.64. The van der Waals surface area contributed by atoms with Crippen LogP contribution in [-0.2, 0) is 19.2 Å². The molecule has 0 aromatic heterocycles. The summed E-state index contributed by atoms with van der Waals surface area (Å²) in [6, 6.07) is 0. The number of carboxylic acids is 2. The zero-order valence-electron chi connectivity index (χ0n) is 5.64. The van der Waals surface area contributed by atoms with Gasteiger partial charge in [0.1, 0.15) is 5.97 Å². The Hall–Kier alpha value is -0.720. The minimum Gasteiger partial charge on any atom is -0.542 e. The standard InChI is InChI=1S/2C2H2O3.Na/c2*3-1-2(4)5;/h2*1H,(H,4,5);/q;;+1/p-1. The summed E-state index contributed by atoms with van der Waals surface area (Å²) in [7, 11) is 0. The Morgan fingerprint density at radius 2 is 1.36 bits per heavy atom. The second-order valence-electron chi connectivity index (χ2n) is 0.893. The first-order valence-corrected chi connectivity index (χ1v) is 1.88. The third kappa shape index (κ3) is 45.7. The predicted octanol–water partition coefficient (Wildman–Crippen LogP) is -5.79. The summed E-state index contributed by atoms with van der Waals surface area (Å²) in [5.74, 6) is -3.10. The van der Waals surface area contributed by atoms with Crippen LogP contribution in [0.3, 0.4) is 0 Å². The summed E-state index contributed by atoms with van der Waals surface area (Å²) in [6.45, 7) is 0. The van der Waals surface area contributed by atoms with Crippen molar-refractivity contribution in [3.8, 4) is 0 Å². The molecule has 0 saturated carbocycles. The molecule has 0 saturated heterocycles. The molecule has 56 valence electrons. The van der Waals surface area contributed by atoms with Crippen molar-refractivity contribution in [1.29, 1.82) is 0 Å². The van der Waals surface area contributed by atoms with Crippen molar-refractivity contribution < 1.29 is 58.9 Å². The van der Waals surface area contributed by atoms with E-state index < -0.39 is 11.9 Å². The van der Waals surface area contributed by atoms with Crippen LogP contribution >= 0.6 is 0 Å². The van der Waals surface area contributed by atoms with Crippen molar-refractivity contribution in [2.24, 2.45) is 0 Å². The fraction of sp³-hybridized carbons (Fsp3) is 0. The molecular weight excluding hydrogens is 167 g/mol. The number of carbonyl (C=O) groups excluding carboxylic acids is 3. The number of aliphatic carboxylic acids is 2. The molecule has 0 aliphatic heterocycles. The average Bonchev–Trinajstić information content (AvgIpc) is 1.89. The van der Waals surface area contributed by atoms with Crippen molar-refractivity contribution in [2.45, 2.75) is 0 Å². The molecule has 0 rings (SSSR count). The third-order valence-corrected chi connectivity index (χ3v) is 0.197. The molecule has 1 N–H and O–H groups in total. The molecule has 0 aromatic carbocycles. The maximum Gasteiger partial charge on any atom is 1.00 e. The van der Waals surface area contributed by atoms with Crippen molar-refractivity contribution in [2.75, 3.05) is 0 Å². The Morgan fingerprint density at radius 3 is 1.36 bits per heavy atom. The van der Waals surface area contributed by atoms with Crippen molar-refractivity contribution >= 4 is 24.5 Å². The number of carbonyl (C=O) groups is 4. The van der Waals surface area contributed by atoms with Crippen LogP contribution in [0.15, 0.2) is 0 Å². The Kier molecular flexibility index (Phi) is 18.2. The summed E-state index contributed by atoms with van der Waals surface area (Å²) < 4.78 is 0. The summed E-state index contributed by atoms with van der Waals surface area (Å²) in [5, 5.41) is 16.2. The molecule has 0 fully saturated rings. The molecule has 7 heteroatoms. The van der Waals surface area contributed by atoms with Gasteiger partial charge < -0.3 is 15.0 Å². The topological polar surface area (TPSA) is 112 Å². The van der Waals surface area contributed by atoms with Gasteiger partial charge in [-0.05, 0) is 0 Å². The average molecular weight is 170 g/mol. The smallest absolute Gasteiger partial charge is 0.542 e. The van der Waals surface area contributed by atoms with E-state index >= 15 is 0 Å². The largest absolute Gasteiger partial charge is 1.00 e. The van der Waals surface area contributed by atoms with E-state index in [1.807, 2.05) is 0 Å². The van der Waals surface area contributed by atoms with Gasteiger partial charge in [-0.1, -0.05) is 0 Å². The fourth-order valence-corrected chi connectivity index (χ4v) is 0. The number of aldehydes is 2. The van der Waals surface area contributed by atoms with Crippen LogP contribution in [-0.4, -0.2) is 29.6 Å². The Bertz CT molecular complexity index is 135. The molecule has 0 unspecified atom stereocenters. The first-order chi connectivity index (χ1) is 4.54. The second kappa shape index (κ2) is 12.0. The molecule has 0 bridgehead atoms. The van der Waals surface area contributed by atoms with Gasteiger partial charge in [0.15, 0.2) is 6.29 Å². The molecular formula is C4H3NaO6. The first kappa shape index (κ1) is 16.7. The predicted molar refractivity (Wildman–Crippen MR) is 24.8 cm³/mol. The van der Waals surface area contributed by atoms with E-state index in [1.54, 1.807) is 0 Å². The minimum absolute atomic E-state index is 0. The van der Waals surface area contributed by atoms with Crippen LogP contribution in [0, 0.1) is 0 Å². The SMILES string of the molecule is O=CC(=O)O.O=CC(=O)[O-].[Na+]. The van der Waals surface area contributed by atoms with Gasteiger partial charge in [0.25, 0.3) is 0 Å². The van der Waals surface area contributed by atoms with Gasteiger partial charge in [0, 0.05) is 0 Å². The van der Waals surface area contributed by atoms with E-state index in [9.17, 15) is 0 Å². The number of rotatable bonds is 2. The summed E-state index contributed by atoms with van der Waals surface area (Å²) in [5.41, 5.74) is 0. The zero-order chi connectivity index (χ0) is 8.57. The maximum absolute atomic E-state index is 9.00. The van der Waals surface area contributed by atoms with E-state index in [0.717, 1.165) is 0 Å². The van der Waals surface area contributed by atoms with Gasteiger partial charge in [-0.2, -0.15) is 0 Å².